The zero-order valence-corrected chi connectivity index (χ0v) is 27.1. The third-order valence-electron chi connectivity index (χ3n) is 12.5. The molecular formula is C36H63NO2. The van der Waals surface area contributed by atoms with Gasteiger partial charge in [0, 0.05) is 37.8 Å². The second-order valence-electron chi connectivity index (χ2n) is 14.8. The Morgan fingerprint density at radius 2 is 1.72 bits per heavy atom. The summed E-state index contributed by atoms with van der Waals surface area (Å²) in [5.74, 6) is 6.30. The predicted octanol–water partition coefficient (Wildman–Crippen LogP) is 9.80. The van der Waals surface area contributed by atoms with Crippen molar-refractivity contribution in [2.75, 3.05) is 6.54 Å². The molecule has 3 nitrogen and oxygen atoms in total. The fraction of sp³-hybridized carbons (Fsp3) is 0.917. The molecule has 5 rings (SSSR count). The topological polar surface area (TPSA) is 29.5 Å². The molecule has 0 aromatic rings. The maximum Gasteiger partial charge on any atom is 0.222 e. The van der Waals surface area contributed by atoms with Crippen LogP contribution in [0.15, 0.2) is 11.8 Å². The molecular weight excluding hydrogens is 478 g/mol. The Labute approximate surface area is 242 Å². The number of carbonyl (C=O) groups excluding carboxylic acids is 1. The first-order chi connectivity index (χ1) is 18.7. The van der Waals surface area contributed by atoms with E-state index in [1.165, 1.54) is 70.0 Å². The number of fused-ring (bicyclic) bond motifs is 5. The Hall–Kier alpha value is -0.990. The normalized spacial score (nSPS) is 40.6. The second kappa shape index (κ2) is 12.9. The van der Waals surface area contributed by atoms with Gasteiger partial charge in [-0.25, -0.2) is 0 Å². The summed E-state index contributed by atoms with van der Waals surface area (Å²) in [7, 11) is 0. The van der Waals surface area contributed by atoms with Gasteiger partial charge in [-0.3, -0.25) is 4.79 Å². The standard InChI is InChI=1S/C34H57NO2.C2H6/c1-7-35-30-22-29(37-25-14-9-8-10-15-25)32-27-17-16-26(24(4)13-11-12-23(2)3)33(27,5)20-18-28(32)34(30,6)21-19-31(35)36;1-2/h14,23-24,26-30,32H,7-13,15-22H2,1-6H3;1-2H3/t24?,26?,27?,28?,29?,30?,32?,33-,34-;/m1./s1. The highest BCUT2D eigenvalue weighted by molar-refractivity contribution is 5.77. The molecule has 0 radical (unpaired) electrons. The highest BCUT2D eigenvalue weighted by atomic mass is 16.5. The van der Waals surface area contributed by atoms with E-state index in [-0.39, 0.29) is 11.5 Å². The number of nitrogens with zero attached hydrogens (tertiary/aromatic N) is 1. The van der Waals surface area contributed by atoms with Gasteiger partial charge in [0.05, 0.1) is 5.76 Å². The number of hydrogen-bond donors (Lipinski definition) is 0. The summed E-state index contributed by atoms with van der Waals surface area (Å²) in [6.07, 6.45) is 20.1. The molecule has 0 bridgehead atoms. The van der Waals surface area contributed by atoms with Crippen molar-refractivity contribution in [3.05, 3.63) is 11.8 Å². The molecule has 5 aliphatic rings. The van der Waals surface area contributed by atoms with Gasteiger partial charge in [0.15, 0.2) is 0 Å². The maximum absolute atomic E-state index is 13.0. The Kier molecular flexibility index (Phi) is 10.2. The molecule has 1 amide bonds. The summed E-state index contributed by atoms with van der Waals surface area (Å²) in [6, 6.07) is 0.353. The van der Waals surface area contributed by atoms with Crippen LogP contribution in [0.25, 0.3) is 0 Å². The van der Waals surface area contributed by atoms with Crippen LogP contribution >= 0.6 is 0 Å². The molecule has 7 unspecified atom stereocenters. The van der Waals surface area contributed by atoms with Crippen LogP contribution in [0.4, 0.5) is 0 Å². The molecule has 3 saturated carbocycles. The van der Waals surface area contributed by atoms with Gasteiger partial charge in [-0.15, -0.1) is 0 Å². The van der Waals surface area contributed by atoms with E-state index in [0.29, 0.717) is 29.2 Å². The minimum absolute atomic E-state index is 0.248. The molecule has 1 heterocycles. The zero-order chi connectivity index (χ0) is 28.4. The van der Waals surface area contributed by atoms with Crippen molar-refractivity contribution in [1.82, 2.24) is 4.90 Å². The van der Waals surface area contributed by atoms with Gasteiger partial charge in [-0.2, -0.15) is 0 Å². The van der Waals surface area contributed by atoms with Crippen LogP contribution in [-0.2, 0) is 9.53 Å². The van der Waals surface area contributed by atoms with Crippen molar-refractivity contribution in [3.8, 4) is 0 Å². The van der Waals surface area contributed by atoms with Crippen LogP contribution < -0.4 is 0 Å². The number of amides is 1. The molecule has 4 fully saturated rings. The summed E-state index contributed by atoms with van der Waals surface area (Å²) in [6.45, 7) is 19.6. The van der Waals surface area contributed by atoms with Gasteiger partial charge < -0.3 is 9.64 Å². The molecule has 9 atom stereocenters. The minimum Gasteiger partial charge on any atom is -0.495 e. The van der Waals surface area contributed by atoms with Crippen LogP contribution in [0.2, 0.25) is 0 Å². The molecule has 0 aromatic carbocycles. The number of ether oxygens (including phenoxy) is 1. The number of hydrogen-bond acceptors (Lipinski definition) is 2. The number of likely N-dealkylation sites (tertiary alicyclic amines) is 1. The van der Waals surface area contributed by atoms with Crippen molar-refractivity contribution in [1.29, 1.82) is 0 Å². The molecule has 224 valence electrons. The molecule has 1 saturated heterocycles. The summed E-state index contributed by atoms with van der Waals surface area (Å²) >= 11 is 0. The predicted molar refractivity (Wildman–Crippen MR) is 164 cm³/mol. The number of rotatable bonds is 8. The van der Waals surface area contributed by atoms with Gasteiger partial charge in [0.1, 0.15) is 6.10 Å². The van der Waals surface area contributed by atoms with Crippen molar-refractivity contribution >= 4 is 5.91 Å². The third-order valence-corrected chi connectivity index (χ3v) is 12.5. The highest BCUT2D eigenvalue weighted by Gasteiger charge is 2.64. The quantitative estimate of drug-likeness (QED) is 0.306. The fourth-order valence-corrected chi connectivity index (χ4v) is 10.6. The fourth-order valence-electron chi connectivity index (χ4n) is 10.6. The monoisotopic (exact) mass is 541 g/mol. The van der Waals surface area contributed by atoms with E-state index in [9.17, 15) is 4.79 Å². The first kappa shape index (κ1) is 31.0. The first-order valence-electron chi connectivity index (χ1n) is 17.3. The Morgan fingerprint density at radius 1 is 0.974 bits per heavy atom. The van der Waals surface area contributed by atoms with Gasteiger partial charge in [-0.05, 0) is 105 Å². The molecule has 4 aliphatic carbocycles. The second-order valence-corrected chi connectivity index (χ2v) is 14.8. The van der Waals surface area contributed by atoms with E-state index in [1.807, 2.05) is 13.8 Å². The molecule has 1 aliphatic heterocycles. The Morgan fingerprint density at radius 3 is 2.38 bits per heavy atom. The van der Waals surface area contributed by atoms with Crippen LogP contribution in [0.3, 0.4) is 0 Å². The van der Waals surface area contributed by atoms with Crippen molar-refractivity contribution < 1.29 is 9.53 Å². The maximum atomic E-state index is 13.0. The van der Waals surface area contributed by atoms with E-state index in [4.69, 9.17) is 4.74 Å². The Bertz CT molecular complexity index is 849. The molecule has 0 N–H and O–H groups in total. The lowest BCUT2D eigenvalue weighted by Gasteiger charge is -2.64. The van der Waals surface area contributed by atoms with E-state index in [2.05, 4.69) is 52.5 Å². The lowest BCUT2D eigenvalue weighted by molar-refractivity contribution is -0.187. The number of allylic oxidation sites excluding steroid dienone is 2. The van der Waals surface area contributed by atoms with Crippen molar-refractivity contribution in [2.24, 2.45) is 46.3 Å². The third kappa shape index (κ3) is 5.86. The van der Waals surface area contributed by atoms with Crippen molar-refractivity contribution in [2.45, 2.75) is 157 Å². The van der Waals surface area contributed by atoms with Crippen molar-refractivity contribution in [3.63, 3.8) is 0 Å². The summed E-state index contributed by atoms with van der Waals surface area (Å²) in [5, 5.41) is 0. The van der Waals surface area contributed by atoms with Crippen LogP contribution in [-0.4, -0.2) is 29.5 Å². The molecule has 0 spiro atoms. The van der Waals surface area contributed by atoms with Gasteiger partial charge in [0.2, 0.25) is 5.91 Å². The van der Waals surface area contributed by atoms with Crippen LogP contribution in [0.1, 0.15) is 145 Å². The van der Waals surface area contributed by atoms with E-state index < -0.39 is 0 Å². The molecule has 0 aromatic heterocycles. The molecule has 39 heavy (non-hydrogen) atoms. The lowest BCUT2D eigenvalue weighted by Crippen LogP contribution is -2.65. The van der Waals surface area contributed by atoms with Gasteiger partial charge >= 0.3 is 0 Å². The van der Waals surface area contributed by atoms with Gasteiger partial charge in [0.25, 0.3) is 0 Å². The van der Waals surface area contributed by atoms with Crippen LogP contribution in [0, 0.1) is 46.3 Å². The molecule has 3 heteroatoms. The first-order valence-corrected chi connectivity index (χ1v) is 17.3. The lowest BCUT2D eigenvalue weighted by atomic mass is 9.45. The summed E-state index contributed by atoms with van der Waals surface area (Å²) in [4.78, 5) is 15.3. The SMILES string of the molecule is CC.CCN1C(=O)CC[C@]2(C)C3CC[C@]4(C)C(C(C)CCCC(C)C)CCC4C3C(OC3=CCCCC3)CC12. The zero-order valence-electron chi connectivity index (χ0n) is 27.1. The average molecular weight is 542 g/mol. The smallest absolute Gasteiger partial charge is 0.222 e. The van der Waals surface area contributed by atoms with Gasteiger partial charge in [-0.1, -0.05) is 67.7 Å². The number of piperidine rings is 1. The minimum atomic E-state index is 0.248. The number of carbonyl (C=O) groups is 1. The Balaban J connectivity index is 0.00000172. The van der Waals surface area contributed by atoms with E-state index in [1.54, 1.807) is 0 Å². The summed E-state index contributed by atoms with van der Waals surface area (Å²) < 4.78 is 7.09. The average Bonchev–Trinajstić information content (AvgIpc) is 3.28. The largest absolute Gasteiger partial charge is 0.495 e. The highest BCUT2D eigenvalue weighted by Crippen LogP contribution is 2.68. The van der Waals surface area contributed by atoms with Crippen LogP contribution in [0.5, 0.6) is 0 Å². The van der Waals surface area contributed by atoms with E-state index in [0.717, 1.165) is 55.9 Å². The van der Waals surface area contributed by atoms with E-state index >= 15 is 0 Å². The summed E-state index contributed by atoms with van der Waals surface area (Å²) in [5.41, 5.74) is 0.705.